The van der Waals surface area contributed by atoms with Crippen molar-refractivity contribution in [2.45, 2.75) is 33.2 Å². The minimum atomic E-state index is -0.498. The van der Waals surface area contributed by atoms with Crippen molar-refractivity contribution >= 4 is 5.97 Å². The summed E-state index contributed by atoms with van der Waals surface area (Å²) in [7, 11) is 0. The molecule has 0 aliphatic rings. The average molecular weight is 411 g/mol. The van der Waals surface area contributed by atoms with Gasteiger partial charge in [0, 0.05) is 0 Å². The molecule has 0 saturated carbocycles. The molecular formula is C25H30O5. The summed E-state index contributed by atoms with van der Waals surface area (Å²) in [6, 6.07) is 19.8. The number of carbonyl (C=O) groups is 1. The molecule has 5 nitrogen and oxygen atoms in total. The zero-order valence-corrected chi connectivity index (χ0v) is 17.7. The Morgan fingerprint density at radius 2 is 1.33 bits per heavy atom. The molecule has 0 saturated heterocycles. The number of rotatable bonds is 13. The third-order valence-corrected chi connectivity index (χ3v) is 3.87. The highest BCUT2D eigenvalue weighted by Crippen LogP contribution is 2.06. The van der Waals surface area contributed by atoms with Crippen LogP contribution in [-0.4, -0.2) is 31.9 Å². The van der Waals surface area contributed by atoms with E-state index in [-0.39, 0.29) is 25.1 Å². The van der Waals surface area contributed by atoms with E-state index < -0.39 is 5.97 Å². The summed E-state index contributed by atoms with van der Waals surface area (Å²) in [5, 5.41) is 0. The first-order valence-corrected chi connectivity index (χ1v) is 10.1. The van der Waals surface area contributed by atoms with Gasteiger partial charge in [-0.2, -0.15) is 0 Å². The lowest BCUT2D eigenvalue weighted by Gasteiger charge is -2.11. The Hall–Kier alpha value is -2.89. The molecule has 0 atom stereocenters. The van der Waals surface area contributed by atoms with Crippen LogP contribution in [0.25, 0.3) is 0 Å². The molecule has 0 aliphatic heterocycles. The van der Waals surface area contributed by atoms with Crippen molar-refractivity contribution < 1.29 is 23.7 Å². The molecule has 0 aliphatic carbocycles. The summed E-state index contributed by atoms with van der Waals surface area (Å²) in [6.45, 7) is 5.57. The Bertz CT molecular complexity index is 782. The largest absolute Gasteiger partial charge is 0.482 e. The van der Waals surface area contributed by atoms with E-state index in [0.717, 1.165) is 11.1 Å². The minimum absolute atomic E-state index is 0.145. The van der Waals surface area contributed by atoms with Crippen LogP contribution in [0.3, 0.4) is 0 Å². The van der Waals surface area contributed by atoms with Crippen LogP contribution in [0.15, 0.2) is 84.7 Å². The van der Waals surface area contributed by atoms with Gasteiger partial charge in [0.05, 0.1) is 32.5 Å². The molecule has 2 aromatic carbocycles. The lowest BCUT2D eigenvalue weighted by molar-refractivity contribution is -0.146. The Labute approximate surface area is 178 Å². The maximum absolute atomic E-state index is 12.2. The lowest BCUT2D eigenvalue weighted by Crippen LogP contribution is -2.16. The minimum Gasteiger partial charge on any atom is -0.482 e. The fourth-order valence-electron chi connectivity index (χ4n) is 2.45. The number of hydrogen-bond donors (Lipinski definition) is 0. The molecule has 0 spiro atoms. The van der Waals surface area contributed by atoms with Gasteiger partial charge in [-0.15, -0.1) is 0 Å². The summed E-state index contributed by atoms with van der Waals surface area (Å²) in [5.74, 6) is -0.353. The molecule has 160 valence electrons. The van der Waals surface area contributed by atoms with Crippen molar-refractivity contribution in [1.82, 2.24) is 0 Å². The predicted octanol–water partition coefficient (Wildman–Crippen LogP) is 4.83. The van der Waals surface area contributed by atoms with Gasteiger partial charge in [0.25, 0.3) is 0 Å². The zero-order chi connectivity index (χ0) is 21.4. The van der Waals surface area contributed by atoms with Crippen LogP contribution >= 0.6 is 0 Å². The number of hydrogen-bond acceptors (Lipinski definition) is 5. The van der Waals surface area contributed by atoms with Gasteiger partial charge < -0.3 is 18.9 Å². The fraction of sp³-hybridized carbons (Fsp3) is 0.320. The van der Waals surface area contributed by atoms with Gasteiger partial charge in [0.2, 0.25) is 5.76 Å². The van der Waals surface area contributed by atoms with E-state index >= 15 is 0 Å². The maximum Gasteiger partial charge on any atom is 0.373 e. The van der Waals surface area contributed by atoms with E-state index in [9.17, 15) is 4.79 Å². The van der Waals surface area contributed by atoms with Crippen molar-refractivity contribution in [2.75, 3.05) is 19.8 Å². The molecular weight excluding hydrogens is 380 g/mol. The monoisotopic (exact) mass is 410 g/mol. The lowest BCUT2D eigenvalue weighted by atomic mass is 10.2. The van der Waals surface area contributed by atoms with Crippen LogP contribution in [0.1, 0.15) is 25.0 Å². The molecule has 0 unspecified atom stereocenters. The number of carbonyl (C=O) groups excluding carboxylic acids is 1. The Kier molecular flexibility index (Phi) is 11.0. The van der Waals surface area contributed by atoms with Crippen molar-refractivity contribution in [3.63, 3.8) is 0 Å². The highest BCUT2D eigenvalue weighted by molar-refractivity contribution is 5.86. The van der Waals surface area contributed by atoms with Crippen LogP contribution in [0.4, 0.5) is 0 Å². The summed E-state index contributed by atoms with van der Waals surface area (Å²) < 4.78 is 22.0. The Morgan fingerprint density at radius 3 is 1.90 bits per heavy atom. The topological polar surface area (TPSA) is 54.0 Å². The second-order valence-electron chi connectivity index (χ2n) is 6.81. The van der Waals surface area contributed by atoms with E-state index in [0.29, 0.717) is 19.8 Å². The van der Waals surface area contributed by atoms with Crippen molar-refractivity contribution in [2.24, 2.45) is 0 Å². The van der Waals surface area contributed by atoms with Crippen LogP contribution in [0.2, 0.25) is 0 Å². The molecule has 0 fully saturated rings. The Morgan fingerprint density at radius 1 is 0.800 bits per heavy atom. The number of benzene rings is 2. The first kappa shape index (κ1) is 23.4. The van der Waals surface area contributed by atoms with Crippen LogP contribution < -0.4 is 0 Å². The molecule has 0 aromatic heterocycles. The second kappa shape index (κ2) is 14.1. The molecule has 0 bridgehead atoms. The van der Waals surface area contributed by atoms with E-state index in [2.05, 4.69) is 0 Å². The molecule has 0 radical (unpaired) electrons. The van der Waals surface area contributed by atoms with Crippen LogP contribution in [0, 0.1) is 0 Å². The summed E-state index contributed by atoms with van der Waals surface area (Å²) >= 11 is 0. The summed E-state index contributed by atoms with van der Waals surface area (Å²) in [5.41, 5.74) is 2.19. The van der Waals surface area contributed by atoms with Crippen molar-refractivity contribution in [3.05, 3.63) is 95.8 Å². The standard InChI is InChI=1S/C25H30O5/c1-21(2)30-25(26)24(15-18-28-20-23-13-7-4-8-14-23)29-17-10-9-16-27-19-22-11-5-3-6-12-22/h3-15,21H,16-20H2,1-2H3/b10-9-,24-15-. The van der Waals surface area contributed by atoms with Gasteiger partial charge >= 0.3 is 5.97 Å². The number of ether oxygens (including phenoxy) is 4. The van der Waals surface area contributed by atoms with Crippen LogP contribution in [-0.2, 0) is 37.0 Å². The summed E-state index contributed by atoms with van der Waals surface area (Å²) in [6.07, 6.45) is 5.05. The molecule has 5 heteroatoms. The quantitative estimate of drug-likeness (QED) is 0.156. The van der Waals surface area contributed by atoms with Crippen molar-refractivity contribution in [1.29, 1.82) is 0 Å². The average Bonchev–Trinajstić information content (AvgIpc) is 2.75. The normalized spacial score (nSPS) is 11.8. The third kappa shape index (κ3) is 10.0. The van der Waals surface area contributed by atoms with Gasteiger partial charge in [-0.05, 0) is 37.1 Å². The molecule has 2 aromatic rings. The Balaban J connectivity index is 1.74. The van der Waals surface area contributed by atoms with Gasteiger partial charge in [-0.1, -0.05) is 66.7 Å². The molecule has 0 amide bonds. The highest BCUT2D eigenvalue weighted by atomic mass is 16.6. The van der Waals surface area contributed by atoms with Gasteiger partial charge in [-0.3, -0.25) is 0 Å². The first-order chi connectivity index (χ1) is 14.6. The molecule has 30 heavy (non-hydrogen) atoms. The van der Waals surface area contributed by atoms with Crippen molar-refractivity contribution in [3.8, 4) is 0 Å². The van der Waals surface area contributed by atoms with E-state index in [4.69, 9.17) is 18.9 Å². The highest BCUT2D eigenvalue weighted by Gasteiger charge is 2.13. The van der Waals surface area contributed by atoms with E-state index in [1.807, 2.05) is 72.8 Å². The van der Waals surface area contributed by atoms with Gasteiger partial charge in [-0.25, -0.2) is 4.79 Å². The van der Waals surface area contributed by atoms with Gasteiger partial charge in [0.15, 0.2) is 0 Å². The SMILES string of the molecule is CC(C)OC(=O)/C(=C/COCc1ccccc1)OC/C=C\COCc1ccccc1. The smallest absolute Gasteiger partial charge is 0.373 e. The van der Waals surface area contributed by atoms with E-state index in [1.54, 1.807) is 19.9 Å². The third-order valence-electron chi connectivity index (χ3n) is 3.87. The predicted molar refractivity (Wildman–Crippen MR) is 117 cm³/mol. The second-order valence-corrected chi connectivity index (χ2v) is 6.81. The maximum atomic E-state index is 12.2. The molecule has 0 heterocycles. The number of esters is 1. The molecule has 2 rings (SSSR count). The summed E-state index contributed by atoms with van der Waals surface area (Å²) in [4.78, 5) is 12.2. The van der Waals surface area contributed by atoms with Gasteiger partial charge in [0.1, 0.15) is 6.61 Å². The first-order valence-electron chi connectivity index (χ1n) is 10.1. The zero-order valence-electron chi connectivity index (χ0n) is 17.7. The fourth-order valence-corrected chi connectivity index (χ4v) is 2.45. The molecule has 0 N–H and O–H groups in total. The van der Waals surface area contributed by atoms with Crippen LogP contribution in [0.5, 0.6) is 0 Å². The van der Waals surface area contributed by atoms with E-state index in [1.165, 1.54) is 0 Å².